The Bertz CT molecular complexity index is 540. The number of nitrogen functional groups attached to an aromatic ring is 1. The van der Waals surface area contributed by atoms with E-state index >= 15 is 0 Å². The van der Waals surface area contributed by atoms with Crippen molar-refractivity contribution in [1.82, 2.24) is 4.98 Å². The van der Waals surface area contributed by atoms with Crippen molar-refractivity contribution in [3.8, 4) is 5.75 Å². The van der Waals surface area contributed by atoms with E-state index in [1.54, 1.807) is 24.4 Å². The van der Waals surface area contributed by atoms with Crippen LogP contribution in [0.3, 0.4) is 0 Å². The number of nitrogens with two attached hydrogens (primary N) is 1. The van der Waals surface area contributed by atoms with E-state index in [-0.39, 0.29) is 6.61 Å². The third kappa shape index (κ3) is 2.78. The summed E-state index contributed by atoms with van der Waals surface area (Å²) in [6, 6.07) is 4.79. The number of aromatic nitrogens is 1. The average Bonchev–Trinajstić information content (AvgIpc) is 2.88. The molecule has 0 aliphatic rings. The summed E-state index contributed by atoms with van der Waals surface area (Å²) in [5.74, 6) is -0.0545. The van der Waals surface area contributed by atoms with Gasteiger partial charge in [0.15, 0.2) is 0 Å². The number of ether oxygens (including phenoxy) is 2. The number of hydrogen-bond acceptors (Lipinski definition) is 6. The standard InChI is InChI=1S/C12H12N2O3S/c1-16-10-6-8(13)2-3-9(10)12(15)17-7-11-14-4-5-18-11/h2-6H,7,13H2,1H3. The van der Waals surface area contributed by atoms with Crippen molar-refractivity contribution in [1.29, 1.82) is 0 Å². The molecule has 2 N–H and O–H groups in total. The Morgan fingerprint density at radius 2 is 2.33 bits per heavy atom. The van der Waals surface area contributed by atoms with Gasteiger partial charge >= 0.3 is 5.97 Å². The quantitative estimate of drug-likeness (QED) is 0.676. The molecule has 0 aliphatic carbocycles. The third-order valence-corrected chi connectivity index (χ3v) is 3.01. The van der Waals surface area contributed by atoms with Gasteiger partial charge in [0.1, 0.15) is 22.9 Å². The van der Waals surface area contributed by atoms with Gasteiger partial charge in [0.2, 0.25) is 0 Å². The minimum Gasteiger partial charge on any atom is -0.496 e. The first-order valence-corrected chi connectivity index (χ1v) is 6.07. The van der Waals surface area contributed by atoms with Gasteiger partial charge in [-0.1, -0.05) is 0 Å². The molecule has 0 saturated carbocycles. The summed E-state index contributed by atoms with van der Waals surface area (Å²) in [7, 11) is 1.48. The molecule has 0 bridgehead atoms. The second-order valence-corrected chi connectivity index (χ2v) is 4.44. The summed E-state index contributed by atoms with van der Waals surface area (Å²) in [6.07, 6.45) is 1.66. The zero-order valence-corrected chi connectivity index (χ0v) is 10.6. The minimum absolute atomic E-state index is 0.157. The molecule has 0 unspecified atom stereocenters. The molecular weight excluding hydrogens is 252 g/mol. The predicted molar refractivity (Wildman–Crippen MR) is 68.6 cm³/mol. The first kappa shape index (κ1) is 12.4. The molecule has 0 fully saturated rings. The fourth-order valence-electron chi connectivity index (χ4n) is 1.41. The monoisotopic (exact) mass is 264 g/mol. The lowest BCUT2D eigenvalue weighted by atomic mass is 10.2. The number of carbonyl (C=O) groups excluding carboxylic acids is 1. The zero-order chi connectivity index (χ0) is 13.0. The van der Waals surface area contributed by atoms with Gasteiger partial charge in [-0.25, -0.2) is 9.78 Å². The molecule has 1 heterocycles. The first-order chi connectivity index (χ1) is 8.70. The first-order valence-electron chi connectivity index (χ1n) is 5.19. The summed E-state index contributed by atoms with van der Waals surface area (Å²) < 4.78 is 10.2. The van der Waals surface area contributed by atoms with Crippen LogP contribution in [0.2, 0.25) is 0 Å². The van der Waals surface area contributed by atoms with E-state index in [0.29, 0.717) is 17.0 Å². The van der Waals surface area contributed by atoms with Gasteiger partial charge in [-0.2, -0.15) is 0 Å². The lowest BCUT2D eigenvalue weighted by Gasteiger charge is -2.08. The van der Waals surface area contributed by atoms with E-state index in [9.17, 15) is 4.79 Å². The van der Waals surface area contributed by atoms with Crippen LogP contribution in [-0.2, 0) is 11.3 Å². The molecule has 2 aromatic rings. The zero-order valence-electron chi connectivity index (χ0n) is 9.75. The fourth-order valence-corrected chi connectivity index (χ4v) is 1.93. The molecule has 0 atom stereocenters. The molecule has 1 aromatic carbocycles. The Kier molecular flexibility index (Phi) is 3.78. The molecule has 18 heavy (non-hydrogen) atoms. The Balaban J connectivity index is 2.09. The van der Waals surface area contributed by atoms with Crippen molar-refractivity contribution in [3.63, 3.8) is 0 Å². The number of nitrogens with zero attached hydrogens (tertiary/aromatic N) is 1. The van der Waals surface area contributed by atoms with E-state index in [1.165, 1.54) is 18.4 Å². The van der Waals surface area contributed by atoms with Crippen LogP contribution < -0.4 is 10.5 Å². The maximum Gasteiger partial charge on any atom is 0.342 e. The second-order valence-electron chi connectivity index (χ2n) is 3.46. The number of anilines is 1. The molecule has 2 rings (SSSR count). The normalized spacial score (nSPS) is 10.1. The van der Waals surface area contributed by atoms with E-state index < -0.39 is 5.97 Å². The third-order valence-electron chi connectivity index (χ3n) is 2.26. The highest BCUT2D eigenvalue weighted by Gasteiger charge is 2.14. The molecular formula is C12H12N2O3S. The highest BCUT2D eigenvalue weighted by atomic mass is 32.1. The average molecular weight is 264 g/mol. The number of methoxy groups -OCH3 is 1. The van der Waals surface area contributed by atoms with Crippen molar-refractivity contribution in [2.75, 3.05) is 12.8 Å². The van der Waals surface area contributed by atoms with Gasteiger partial charge in [0.25, 0.3) is 0 Å². The van der Waals surface area contributed by atoms with Crippen molar-refractivity contribution >= 4 is 23.0 Å². The Labute approximate surface area is 108 Å². The summed E-state index contributed by atoms with van der Waals surface area (Å²) in [5, 5.41) is 2.57. The Morgan fingerprint density at radius 3 is 3.00 bits per heavy atom. The van der Waals surface area contributed by atoms with Crippen LogP contribution in [0.1, 0.15) is 15.4 Å². The second kappa shape index (κ2) is 5.50. The van der Waals surface area contributed by atoms with Gasteiger partial charge in [0, 0.05) is 23.3 Å². The number of hydrogen-bond donors (Lipinski definition) is 1. The van der Waals surface area contributed by atoms with Crippen molar-refractivity contribution in [2.24, 2.45) is 0 Å². The maximum absolute atomic E-state index is 11.9. The molecule has 0 radical (unpaired) electrons. The molecule has 5 nitrogen and oxygen atoms in total. The van der Waals surface area contributed by atoms with Gasteiger partial charge < -0.3 is 15.2 Å². The fraction of sp³-hybridized carbons (Fsp3) is 0.167. The lowest BCUT2D eigenvalue weighted by Crippen LogP contribution is -2.07. The van der Waals surface area contributed by atoms with Gasteiger partial charge in [-0.05, 0) is 12.1 Å². The van der Waals surface area contributed by atoms with Gasteiger partial charge in [-0.3, -0.25) is 0 Å². The molecule has 0 saturated heterocycles. The topological polar surface area (TPSA) is 74.4 Å². The van der Waals surface area contributed by atoms with Crippen LogP contribution >= 0.6 is 11.3 Å². The van der Waals surface area contributed by atoms with Crippen LogP contribution in [0.15, 0.2) is 29.8 Å². The minimum atomic E-state index is -0.456. The van der Waals surface area contributed by atoms with Crippen molar-refractivity contribution in [3.05, 3.63) is 40.3 Å². The van der Waals surface area contributed by atoms with Crippen LogP contribution in [0.25, 0.3) is 0 Å². The van der Waals surface area contributed by atoms with Gasteiger partial charge in [0.05, 0.1) is 7.11 Å². The highest BCUT2D eigenvalue weighted by molar-refractivity contribution is 7.09. The molecule has 0 amide bonds. The summed E-state index contributed by atoms with van der Waals surface area (Å²) in [4.78, 5) is 15.9. The molecule has 0 spiro atoms. The van der Waals surface area contributed by atoms with Crippen LogP contribution in [0, 0.1) is 0 Å². The van der Waals surface area contributed by atoms with E-state index in [1.807, 2.05) is 5.38 Å². The number of benzene rings is 1. The number of carbonyl (C=O) groups is 1. The molecule has 94 valence electrons. The number of thiazole rings is 1. The smallest absolute Gasteiger partial charge is 0.342 e. The largest absolute Gasteiger partial charge is 0.496 e. The van der Waals surface area contributed by atoms with Crippen LogP contribution in [0.4, 0.5) is 5.69 Å². The predicted octanol–water partition coefficient (Wildman–Crippen LogP) is 2.09. The maximum atomic E-state index is 11.9. The van der Waals surface area contributed by atoms with E-state index in [0.717, 1.165) is 5.01 Å². The summed E-state index contributed by atoms with van der Waals surface area (Å²) >= 11 is 1.43. The lowest BCUT2D eigenvalue weighted by molar-refractivity contribution is 0.0469. The Morgan fingerprint density at radius 1 is 1.50 bits per heavy atom. The van der Waals surface area contributed by atoms with E-state index in [4.69, 9.17) is 15.2 Å². The SMILES string of the molecule is COc1cc(N)ccc1C(=O)OCc1nccs1. The van der Waals surface area contributed by atoms with Gasteiger partial charge in [-0.15, -0.1) is 11.3 Å². The highest BCUT2D eigenvalue weighted by Crippen LogP contribution is 2.22. The number of esters is 1. The van der Waals surface area contributed by atoms with Crippen LogP contribution in [-0.4, -0.2) is 18.1 Å². The number of rotatable bonds is 4. The molecule has 6 heteroatoms. The molecule has 0 aliphatic heterocycles. The molecule has 1 aromatic heterocycles. The van der Waals surface area contributed by atoms with Crippen molar-refractivity contribution in [2.45, 2.75) is 6.61 Å². The van der Waals surface area contributed by atoms with Crippen molar-refractivity contribution < 1.29 is 14.3 Å². The summed E-state index contributed by atoms with van der Waals surface area (Å²) in [6.45, 7) is 0.157. The summed E-state index contributed by atoms with van der Waals surface area (Å²) in [5.41, 5.74) is 6.49. The van der Waals surface area contributed by atoms with E-state index in [2.05, 4.69) is 4.98 Å². The Hall–Kier alpha value is -2.08. The van der Waals surface area contributed by atoms with Crippen LogP contribution in [0.5, 0.6) is 5.75 Å².